The van der Waals surface area contributed by atoms with Gasteiger partial charge in [0.2, 0.25) is 0 Å². The van der Waals surface area contributed by atoms with E-state index in [4.69, 9.17) is 0 Å². The minimum absolute atomic E-state index is 0.456. The largest absolute Gasteiger partial charge is 0.314 e. The second kappa shape index (κ2) is 4.75. The van der Waals surface area contributed by atoms with Crippen LogP contribution in [0.25, 0.3) is 0 Å². The van der Waals surface area contributed by atoms with E-state index in [1.165, 1.54) is 38.2 Å². The number of hydrogen-bond acceptors (Lipinski definition) is 3. The number of fused-ring (bicyclic) bond motifs is 1. The third-order valence-electron chi connectivity index (χ3n) is 4.35. The summed E-state index contributed by atoms with van der Waals surface area (Å²) in [6.45, 7) is 5.92. The van der Waals surface area contributed by atoms with Crippen LogP contribution in [0.4, 0.5) is 0 Å². The highest BCUT2D eigenvalue weighted by molar-refractivity contribution is 5.08. The summed E-state index contributed by atoms with van der Waals surface area (Å²) in [5, 5.41) is 3.62. The molecule has 0 spiro atoms. The molecule has 1 aromatic rings. The smallest absolute Gasteiger partial charge is 0.0572 e. The Labute approximate surface area is 103 Å². The fraction of sp³-hybridized carbons (Fsp3) is 0.643. The third kappa shape index (κ3) is 2.22. The summed E-state index contributed by atoms with van der Waals surface area (Å²) in [7, 11) is 0. The van der Waals surface area contributed by atoms with Gasteiger partial charge < -0.3 is 5.32 Å². The van der Waals surface area contributed by atoms with Crippen LogP contribution in [0.2, 0.25) is 0 Å². The molecule has 1 aromatic heterocycles. The number of nitrogens with zero attached hydrogens (tertiary/aromatic N) is 2. The molecule has 2 aliphatic heterocycles. The lowest BCUT2D eigenvalue weighted by Gasteiger charge is -2.38. The van der Waals surface area contributed by atoms with Crippen LogP contribution in [0.1, 0.15) is 31.5 Å². The van der Waals surface area contributed by atoms with E-state index in [0.29, 0.717) is 6.04 Å². The van der Waals surface area contributed by atoms with E-state index in [0.717, 1.165) is 12.0 Å². The van der Waals surface area contributed by atoms with Crippen LogP contribution in [0, 0.1) is 5.92 Å². The Hall–Kier alpha value is -0.930. The summed E-state index contributed by atoms with van der Waals surface area (Å²) in [6.07, 6.45) is 4.54. The fourth-order valence-corrected chi connectivity index (χ4v) is 3.24. The van der Waals surface area contributed by atoms with E-state index in [9.17, 15) is 0 Å². The van der Waals surface area contributed by atoms with Crippen molar-refractivity contribution in [2.24, 2.45) is 5.92 Å². The van der Waals surface area contributed by atoms with E-state index in [-0.39, 0.29) is 0 Å². The zero-order valence-corrected chi connectivity index (χ0v) is 10.5. The molecule has 2 saturated heterocycles. The topological polar surface area (TPSA) is 28.2 Å². The number of rotatable bonds is 2. The molecule has 2 fully saturated rings. The van der Waals surface area contributed by atoms with Crippen LogP contribution in [0.5, 0.6) is 0 Å². The van der Waals surface area contributed by atoms with Crippen LogP contribution < -0.4 is 5.32 Å². The molecular weight excluding hydrogens is 210 g/mol. The van der Waals surface area contributed by atoms with E-state index >= 15 is 0 Å². The van der Waals surface area contributed by atoms with Gasteiger partial charge in [0.25, 0.3) is 0 Å². The average molecular weight is 231 g/mol. The Bertz CT molecular complexity index is 365. The van der Waals surface area contributed by atoms with Crippen molar-refractivity contribution < 1.29 is 0 Å². The van der Waals surface area contributed by atoms with Gasteiger partial charge >= 0.3 is 0 Å². The van der Waals surface area contributed by atoms with Crippen LogP contribution >= 0.6 is 0 Å². The van der Waals surface area contributed by atoms with Gasteiger partial charge in [0.1, 0.15) is 0 Å². The SMILES string of the molecule is CC(c1ccccn1)N1CCC2NCCC2C1. The summed E-state index contributed by atoms with van der Waals surface area (Å²) in [5.41, 5.74) is 1.21. The standard InChI is InChI=1S/C14H21N3/c1-11(13-4-2-3-7-15-13)17-9-6-14-12(10-17)5-8-16-14/h2-4,7,11-12,14,16H,5-6,8-10H2,1H3. The predicted molar refractivity (Wildman–Crippen MR) is 68.7 cm³/mol. The van der Waals surface area contributed by atoms with Gasteiger partial charge in [-0.05, 0) is 44.4 Å². The van der Waals surface area contributed by atoms with Gasteiger partial charge in [-0.3, -0.25) is 9.88 Å². The molecule has 92 valence electrons. The third-order valence-corrected chi connectivity index (χ3v) is 4.35. The molecule has 3 heterocycles. The van der Waals surface area contributed by atoms with Crippen molar-refractivity contribution in [2.75, 3.05) is 19.6 Å². The Morgan fingerprint density at radius 3 is 3.18 bits per heavy atom. The van der Waals surface area contributed by atoms with Crippen LogP contribution in [0.3, 0.4) is 0 Å². The maximum absolute atomic E-state index is 4.48. The summed E-state index contributed by atoms with van der Waals surface area (Å²) in [4.78, 5) is 7.08. The molecule has 0 aromatic carbocycles. The van der Waals surface area contributed by atoms with Crippen molar-refractivity contribution >= 4 is 0 Å². The number of likely N-dealkylation sites (tertiary alicyclic amines) is 1. The van der Waals surface area contributed by atoms with Crippen molar-refractivity contribution in [1.29, 1.82) is 0 Å². The molecule has 2 aliphatic rings. The maximum Gasteiger partial charge on any atom is 0.0572 e. The molecule has 17 heavy (non-hydrogen) atoms. The predicted octanol–water partition coefficient (Wildman–Crippen LogP) is 1.83. The first-order chi connectivity index (χ1) is 8.34. The van der Waals surface area contributed by atoms with Crippen LogP contribution in [0.15, 0.2) is 24.4 Å². The van der Waals surface area contributed by atoms with E-state index < -0.39 is 0 Å². The summed E-state index contributed by atoms with van der Waals surface area (Å²) < 4.78 is 0. The van der Waals surface area contributed by atoms with Gasteiger partial charge in [-0.25, -0.2) is 0 Å². The Balaban J connectivity index is 1.69. The highest BCUT2D eigenvalue weighted by Gasteiger charge is 2.34. The van der Waals surface area contributed by atoms with Gasteiger partial charge in [0.15, 0.2) is 0 Å². The van der Waals surface area contributed by atoms with E-state index in [2.05, 4.69) is 34.3 Å². The second-order valence-corrected chi connectivity index (χ2v) is 5.32. The van der Waals surface area contributed by atoms with E-state index in [1.54, 1.807) is 0 Å². The minimum Gasteiger partial charge on any atom is -0.314 e. The van der Waals surface area contributed by atoms with Gasteiger partial charge in [0, 0.05) is 31.4 Å². The number of pyridine rings is 1. The summed E-state index contributed by atoms with van der Waals surface area (Å²) >= 11 is 0. The van der Waals surface area contributed by atoms with Crippen molar-refractivity contribution in [3.8, 4) is 0 Å². The van der Waals surface area contributed by atoms with Crippen LogP contribution in [-0.2, 0) is 0 Å². The molecule has 0 radical (unpaired) electrons. The number of piperidine rings is 1. The molecule has 0 amide bonds. The van der Waals surface area contributed by atoms with Crippen molar-refractivity contribution in [2.45, 2.75) is 31.8 Å². The lowest BCUT2D eigenvalue weighted by Crippen LogP contribution is -2.45. The molecule has 3 atom stereocenters. The maximum atomic E-state index is 4.48. The molecule has 3 rings (SSSR count). The quantitative estimate of drug-likeness (QED) is 0.841. The number of aromatic nitrogens is 1. The lowest BCUT2D eigenvalue weighted by molar-refractivity contribution is 0.120. The molecule has 3 heteroatoms. The molecule has 3 unspecified atom stereocenters. The lowest BCUT2D eigenvalue weighted by atomic mass is 9.92. The Morgan fingerprint density at radius 2 is 2.35 bits per heavy atom. The molecule has 3 nitrogen and oxygen atoms in total. The van der Waals surface area contributed by atoms with Gasteiger partial charge in [-0.15, -0.1) is 0 Å². The van der Waals surface area contributed by atoms with Crippen molar-refractivity contribution in [3.05, 3.63) is 30.1 Å². The Morgan fingerprint density at radius 1 is 1.41 bits per heavy atom. The monoisotopic (exact) mass is 231 g/mol. The normalized spacial score (nSPS) is 31.1. The molecule has 1 N–H and O–H groups in total. The number of nitrogens with one attached hydrogen (secondary N) is 1. The summed E-state index contributed by atoms with van der Waals surface area (Å²) in [5.74, 6) is 0.856. The van der Waals surface area contributed by atoms with Crippen LogP contribution in [-0.4, -0.2) is 35.6 Å². The van der Waals surface area contributed by atoms with Crippen molar-refractivity contribution in [1.82, 2.24) is 15.2 Å². The zero-order chi connectivity index (χ0) is 11.7. The highest BCUT2D eigenvalue weighted by atomic mass is 15.2. The molecule has 0 bridgehead atoms. The minimum atomic E-state index is 0.456. The van der Waals surface area contributed by atoms with Gasteiger partial charge in [-0.1, -0.05) is 6.07 Å². The second-order valence-electron chi connectivity index (χ2n) is 5.32. The fourth-order valence-electron chi connectivity index (χ4n) is 3.24. The molecular formula is C14H21N3. The average Bonchev–Trinajstić information content (AvgIpc) is 2.86. The zero-order valence-electron chi connectivity index (χ0n) is 10.5. The van der Waals surface area contributed by atoms with Crippen molar-refractivity contribution in [3.63, 3.8) is 0 Å². The highest BCUT2D eigenvalue weighted by Crippen LogP contribution is 2.29. The van der Waals surface area contributed by atoms with Gasteiger partial charge in [0.05, 0.1) is 5.69 Å². The first-order valence-corrected chi connectivity index (χ1v) is 6.73. The summed E-state index contributed by atoms with van der Waals surface area (Å²) in [6, 6.07) is 7.45. The molecule has 0 aliphatic carbocycles. The first kappa shape index (κ1) is 11.2. The molecule has 0 saturated carbocycles. The van der Waals surface area contributed by atoms with E-state index in [1.807, 2.05) is 12.3 Å². The Kier molecular flexibility index (Phi) is 3.12. The number of hydrogen-bond donors (Lipinski definition) is 1. The van der Waals surface area contributed by atoms with Gasteiger partial charge in [-0.2, -0.15) is 0 Å². The first-order valence-electron chi connectivity index (χ1n) is 6.73.